The molecule has 1 aliphatic heterocycles. The van der Waals surface area contributed by atoms with Gasteiger partial charge in [-0.3, -0.25) is 4.90 Å². The second-order valence-corrected chi connectivity index (χ2v) is 6.99. The first kappa shape index (κ1) is 15.1. The summed E-state index contributed by atoms with van der Waals surface area (Å²) < 4.78 is 0. The fourth-order valence-corrected chi connectivity index (χ4v) is 4.36. The zero-order valence-electron chi connectivity index (χ0n) is 13.4. The number of benzene rings is 1. The average Bonchev–Trinajstić information content (AvgIpc) is 2.98. The zero-order valence-corrected chi connectivity index (χ0v) is 13.4. The molecule has 2 heteroatoms. The van der Waals surface area contributed by atoms with Gasteiger partial charge < -0.3 is 5.73 Å². The van der Waals surface area contributed by atoms with Gasteiger partial charge in [0.25, 0.3) is 0 Å². The van der Waals surface area contributed by atoms with Gasteiger partial charge in [-0.05, 0) is 55.7 Å². The van der Waals surface area contributed by atoms with E-state index in [4.69, 9.17) is 5.73 Å². The number of nitrogens with two attached hydrogens (primary N) is 1. The zero-order chi connectivity index (χ0) is 14.7. The molecule has 0 aromatic heterocycles. The van der Waals surface area contributed by atoms with Gasteiger partial charge in [0.1, 0.15) is 0 Å². The Labute approximate surface area is 129 Å². The predicted molar refractivity (Wildman–Crippen MR) is 89.3 cm³/mol. The Morgan fingerprint density at radius 2 is 1.90 bits per heavy atom. The lowest BCUT2D eigenvalue weighted by molar-refractivity contribution is 0.106. The predicted octanol–water partition coefficient (Wildman–Crippen LogP) is 3.90. The third-order valence-corrected chi connectivity index (χ3v) is 5.49. The van der Waals surface area contributed by atoms with E-state index in [0.29, 0.717) is 0 Å². The topological polar surface area (TPSA) is 29.3 Å². The maximum Gasteiger partial charge on any atom is 0.0424 e. The van der Waals surface area contributed by atoms with Crippen LogP contribution < -0.4 is 5.73 Å². The van der Waals surface area contributed by atoms with Crippen molar-refractivity contribution >= 4 is 0 Å². The van der Waals surface area contributed by atoms with Gasteiger partial charge in [0.15, 0.2) is 0 Å². The van der Waals surface area contributed by atoms with Crippen LogP contribution in [-0.4, -0.2) is 24.0 Å². The molecule has 0 spiro atoms. The summed E-state index contributed by atoms with van der Waals surface area (Å²) in [6, 6.07) is 9.99. The minimum absolute atomic E-state index is 0.167. The van der Waals surface area contributed by atoms with Crippen molar-refractivity contribution in [2.45, 2.75) is 64.0 Å². The SMILES string of the molecule is CCCc1ccc(C(N)CN2CCCC3CCCC32)cc1. The van der Waals surface area contributed by atoms with Crippen LogP contribution in [0.2, 0.25) is 0 Å². The van der Waals surface area contributed by atoms with E-state index in [2.05, 4.69) is 36.1 Å². The Balaban J connectivity index is 1.61. The van der Waals surface area contributed by atoms with Gasteiger partial charge in [-0.25, -0.2) is 0 Å². The summed E-state index contributed by atoms with van der Waals surface area (Å²) in [4.78, 5) is 2.69. The van der Waals surface area contributed by atoms with Crippen LogP contribution in [0, 0.1) is 5.92 Å². The summed E-state index contributed by atoms with van der Waals surface area (Å²) in [5.41, 5.74) is 9.22. The average molecular weight is 286 g/mol. The van der Waals surface area contributed by atoms with Crippen molar-refractivity contribution in [1.29, 1.82) is 0 Å². The number of likely N-dealkylation sites (tertiary alicyclic amines) is 1. The molecule has 1 saturated carbocycles. The smallest absolute Gasteiger partial charge is 0.0424 e. The van der Waals surface area contributed by atoms with E-state index in [1.807, 2.05) is 0 Å². The molecule has 21 heavy (non-hydrogen) atoms. The van der Waals surface area contributed by atoms with Crippen LogP contribution in [0.4, 0.5) is 0 Å². The highest BCUT2D eigenvalue weighted by molar-refractivity contribution is 5.25. The van der Waals surface area contributed by atoms with Gasteiger partial charge in [0.05, 0.1) is 0 Å². The highest BCUT2D eigenvalue weighted by atomic mass is 15.2. The van der Waals surface area contributed by atoms with E-state index in [1.54, 1.807) is 0 Å². The number of nitrogens with zero attached hydrogens (tertiary/aromatic N) is 1. The van der Waals surface area contributed by atoms with Gasteiger partial charge in [0, 0.05) is 18.6 Å². The van der Waals surface area contributed by atoms with E-state index < -0.39 is 0 Å². The molecular formula is C19H30N2. The lowest BCUT2D eigenvalue weighted by atomic mass is 9.91. The minimum atomic E-state index is 0.167. The molecule has 1 heterocycles. The Bertz CT molecular complexity index is 439. The molecule has 1 aliphatic carbocycles. The lowest BCUT2D eigenvalue weighted by Gasteiger charge is -2.39. The van der Waals surface area contributed by atoms with Crippen LogP contribution in [0.25, 0.3) is 0 Å². The van der Waals surface area contributed by atoms with Crippen LogP contribution in [0.15, 0.2) is 24.3 Å². The number of hydrogen-bond acceptors (Lipinski definition) is 2. The Morgan fingerprint density at radius 3 is 2.67 bits per heavy atom. The molecule has 3 atom stereocenters. The van der Waals surface area contributed by atoms with Crippen LogP contribution >= 0.6 is 0 Å². The normalized spacial score (nSPS) is 27.5. The third kappa shape index (κ3) is 3.49. The molecule has 116 valence electrons. The molecule has 1 aromatic rings. The Hall–Kier alpha value is -0.860. The molecule has 3 rings (SSSR count). The van der Waals surface area contributed by atoms with Gasteiger partial charge in [0.2, 0.25) is 0 Å². The molecule has 2 nitrogen and oxygen atoms in total. The van der Waals surface area contributed by atoms with E-state index in [-0.39, 0.29) is 6.04 Å². The van der Waals surface area contributed by atoms with Crippen molar-refractivity contribution in [2.24, 2.45) is 11.7 Å². The van der Waals surface area contributed by atoms with E-state index in [9.17, 15) is 0 Å². The van der Waals surface area contributed by atoms with Gasteiger partial charge in [-0.2, -0.15) is 0 Å². The molecule has 2 fully saturated rings. The number of rotatable bonds is 5. The summed E-state index contributed by atoms with van der Waals surface area (Å²) in [5.74, 6) is 0.956. The molecule has 2 N–H and O–H groups in total. The molecule has 3 unspecified atom stereocenters. The van der Waals surface area contributed by atoms with Crippen molar-refractivity contribution in [1.82, 2.24) is 4.90 Å². The molecule has 0 radical (unpaired) electrons. The summed E-state index contributed by atoms with van der Waals surface area (Å²) in [5, 5.41) is 0. The standard InChI is InChI=1S/C19H30N2/c1-2-5-15-9-11-16(12-10-15)18(20)14-21-13-4-7-17-6-3-8-19(17)21/h9-12,17-19H,2-8,13-14,20H2,1H3. The first-order valence-electron chi connectivity index (χ1n) is 8.86. The monoisotopic (exact) mass is 286 g/mol. The van der Waals surface area contributed by atoms with Crippen LogP contribution in [-0.2, 0) is 6.42 Å². The summed E-state index contributed by atoms with van der Waals surface area (Å²) >= 11 is 0. The van der Waals surface area contributed by atoms with E-state index in [0.717, 1.165) is 18.5 Å². The number of piperidine rings is 1. The van der Waals surface area contributed by atoms with E-state index >= 15 is 0 Å². The maximum atomic E-state index is 6.49. The Kier molecular flexibility index (Phi) is 4.97. The highest BCUT2D eigenvalue weighted by Gasteiger charge is 2.35. The van der Waals surface area contributed by atoms with Crippen molar-refractivity contribution in [3.8, 4) is 0 Å². The molecule has 0 bridgehead atoms. The second-order valence-electron chi connectivity index (χ2n) is 6.99. The maximum absolute atomic E-state index is 6.49. The van der Waals surface area contributed by atoms with Crippen molar-refractivity contribution in [3.63, 3.8) is 0 Å². The summed E-state index contributed by atoms with van der Waals surface area (Å²) in [7, 11) is 0. The first-order valence-corrected chi connectivity index (χ1v) is 8.86. The molecule has 1 saturated heterocycles. The van der Waals surface area contributed by atoms with E-state index in [1.165, 1.54) is 62.6 Å². The van der Waals surface area contributed by atoms with Crippen LogP contribution in [0.1, 0.15) is 62.6 Å². The number of hydrogen-bond donors (Lipinski definition) is 1. The van der Waals surface area contributed by atoms with Gasteiger partial charge in [-0.1, -0.05) is 44.0 Å². The van der Waals surface area contributed by atoms with Crippen LogP contribution in [0.3, 0.4) is 0 Å². The third-order valence-electron chi connectivity index (χ3n) is 5.49. The van der Waals surface area contributed by atoms with Crippen molar-refractivity contribution in [2.75, 3.05) is 13.1 Å². The quantitative estimate of drug-likeness (QED) is 0.889. The minimum Gasteiger partial charge on any atom is -0.323 e. The molecule has 2 aliphatic rings. The second kappa shape index (κ2) is 6.93. The molecule has 0 amide bonds. The fraction of sp³-hybridized carbons (Fsp3) is 0.684. The first-order chi connectivity index (χ1) is 10.3. The van der Waals surface area contributed by atoms with Crippen molar-refractivity contribution in [3.05, 3.63) is 35.4 Å². The molecular weight excluding hydrogens is 256 g/mol. The molecule has 1 aromatic carbocycles. The summed E-state index contributed by atoms with van der Waals surface area (Å²) in [6.07, 6.45) is 9.46. The van der Waals surface area contributed by atoms with Gasteiger partial charge in [-0.15, -0.1) is 0 Å². The largest absolute Gasteiger partial charge is 0.323 e. The fourth-order valence-electron chi connectivity index (χ4n) is 4.36. The van der Waals surface area contributed by atoms with Gasteiger partial charge >= 0.3 is 0 Å². The highest BCUT2D eigenvalue weighted by Crippen LogP contribution is 2.37. The number of aryl methyl sites for hydroxylation is 1. The van der Waals surface area contributed by atoms with Crippen LogP contribution in [0.5, 0.6) is 0 Å². The summed E-state index contributed by atoms with van der Waals surface area (Å²) in [6.45, 7) is 4.52. The number of fused-ring (bicyclic) bond motifs is 1. The Morgan fingerprint density at radius 1 is 1.14 bits per heavy atom. The lowest BCUT2D eigenvalue weighted by Crippen LogP contribution is -2.45. The van der Waals surface area contributed by atoms with Crippen molar-refractivity contribution < 1.29 is 0 Å².